The van der Waals surface area contributed by atoms with E-state index in [1.807, 2.05) is 0 Å². The average molecular weight is 365 g/mol. The van der Waals surface area contributed by atoms with Crippen LogP contribution in [0, 0.1) is 29.4 Å². The van der Waals surface area contributed by atoms with Crippen LogP contribution in [0.4, 0.5) is 8.78 Å². The maximum absolute atomic E-state index is 14.2. The summed E-state index contributed by atoms with van der Waals surface area (Å²) < 4.78 is 33.4. The standard InChI is InChI=1S/C23H34F2O/c1-3-5-16-6-8-17(9-7-16)18-10-12-19(13-11-18)20-14-21(24)23(26-4-2)22(25)15-20/h14-19H,3-13H2,1-2H3. The minimum Gasteiger partial charge on any atom is -0.488 e. The smallest absolute Gasteiger partial charge is 0.190 e. The molecule has 2 aliphatic carbocycles. The molecular formula is C23H34F2O. The minimum absolute atomic E-state index is 0.228. The van der Waals surface area contributed by atoms with Crippen molar-refractivity contribution in [3.8, 4) is 5.75 Å². The first-order valence-electron chi connectivity index (χ1n) is 10.7. The largest absolute Gasteiger partial charge is 0.488 e. The lowest BCUT2D eigenvalue weighted by Crippen LogP contribution is -2.25. The van der Waals surface area contributed by atoms with Crippen LogP contribution in [-0.2, 0) is 0 Å². The van der Waals surface area contributed by atoms with Gasteiger partial charge in [-0.2, -0.15) is 0 Å². The summed E-state index contributed by atoms with van der Waals surface area (Å²) in [4.78, 5) is 0. The first kappa shape index (κ1) is 19.6. The van der Waals surface area contributed by atoms with E-state index < -0.39 is 11.6 Å². The van der Waals surface area contributed by atoms with Crippen LogP contribution in [0.25, 0.3) is 0 Å². The van der Waals surface area contributed by atoms with Gasteiger partial charge in [-0.05, 0) is 86.8 Å². The number of benzene rings is 1. The molecule has 1 nitrogen and oxygen atoms in total. The molecule has 0 aromatic heterocycles. The fraction of sp³-hybridized carbons (Fsp3) is 0.739. The summed E-state index contributed by atoms with van der Waals surface area (Å²) >= 11 is 0. The third kappa shape index (κ3) is 4.58. The first-order valence-corrected chi connectivity index (χ1v) is 10.7. The Morgan fingerprint density at radius 1 is 0.846 bits per heavy atom. The van der Waals surface area contributed by atoms with Gasteiger partial charge in [-0.1, -0.05) is 32.6 Å². The van der Waals surface area contributed by atoms with Gasteiger partial charge in [0.25, 0.3) is 0 Å². The maximum atomic E-state index is 14.2. The Morgan fingerprint density at radius 3 is 1.88 bits per heavy atom. The second-order valence-electron chi connectivity index (χ2n) is 8.43. The molecule has 1 aromatic carbocycles. The van der Waals surface area contributed by atoms with Crippen LogP contribution in [0.5, 0.6) is 5.75 Å². The quantitative estimate of drug-likeness (QED) is 0.517. The van der Waals surface area contributed by atoms with E-state index in [9.17, 15) is 8.78 Å². The van der Waals surface area contributed by atoms with Crippen molar-refractivity contribution >= 4 is 0 Å². The van der Waals surface area contributed by atoms with E-state index in [0.717, 1.165) is 36.2 Å². The van der Waals surface area contributed by atoms with E-state index in [0.29, 0.717) is 5.92 Å². The zero-order chi connectivity index (χ0) is 18.5. The molecule has 0 aliphatic heterocycles. The van der Waals surface area contributed by atoms with Crippen LogP contribution in [0.1, 0.15) is 89.5 Å². The minimum atomic E-state index is -0.557. The SMILES string of the molecule is CCCC1CCC(C2CCC(c3cc(F)c(OCC)c(F)c3)CC2)CC1. The monoisotopic (exact) mass is 364 g/mol. The molecule has 146 valence electrons. The molecule has 0 heterocycles. The molecular weight excluding hydrogens is 330 g/mol. The highest BCUT2D eigenvalue weighted by Gasteiger charge is 2.31. The molecule has 0 amide bonds. The summed E-state index contributed by atoms with van der Waals surface area (Å²) in [6.45, 7) is 4.31. The van der Waals surface area contributed by atoms with Crippen molar-refractivity contribution in [2.45, 2.75) is 84.0 Å². The number of ether oxygens (including phenoxy) is 1. The van der Waals surface area contributed by atoms with Gasteiger partial charge in [-0.15, -0.1) is 0 Å². The molecule has 1 aromatic rings. The number of rotatable bonds is 6. The van der Waals surface area contributed by atoms with Gasteiger partial charge in [0, 0.05) is 0 Å². The molecule has 0 unspecified atom stereocenters. The van der Waals surface area contributed by atoms with E-state index in [-0.39, 0.29) is 12.4 Å². The molecule has 2 fully saturated rings. The van der Waals surface area contributed by atoms with Crippen molar-refractivity contribution in [1.29, 1.82) is 0 Å². The summed E-state index contributed by atoms with van der Waals surface area (Å²) in [6.07, 6.45) is 12.9. The van der Waals surface area contributed by atoms with Crippen LogP contribution >= 0.6 is 0 Å². The summed E-state index contributed by atoms with van der Waals surface area (Å²) in [6, 6.07) is 2.99. The van der Waals surface area contributed by atoms with Crippen molar-refractivity contribution in [2.24, 2.45) is 17.8 Å². The van der Waals surface area contributed by atoms with Crippen LogP contribution in [0.2, 0.25) is 0 Å². The molecule has 0 bridgehead atoms. The number of hydrogen-bond acceptors (Lipinski definition) is 1. The topological polar surface area (TPSA) is 9.23 Å². The Labute approximate surface area is 157 Å². The molecule has 3 rings (SSSR count). The van der Waals surface area contributed by atoms with Crippen molar-refractivity contribution in [1.82, 2.24) is 0 Å². The van der Waals surface area contributed by atoms with Crippen molar-refractivity contribution in [2.75, 3.05) is 6.61 Å². The Balaban J connectivity index is 1.54. The molecule has 0 spiro atoms. The fourth-order valence-electron chi connectivity index (χ4n) is 5.38. The third-order valence-electron chi connectivity index (χ3n) is 6.81. The average Bonchev–Trinajstić information content (AvgIpc) is 2.66. The Bertz CT molecular complexity index is 547. The van der Waals surface area contributed by atoms with Crippen LogP contribution in [0.15, 0.2) is 12.1 Å². The van der Waals surface area contributed by atoms with Crippen LogP contribution in [-0.4, -0.2) is 6.61 Å². The second kappa shape index (κ2) is 9.19. The van der Waals surface area contributed by atoms with Gasteiger partial charge in [0.1, 0.15) is 0 Å². The molecule has 0 saturated heterocycles. The van der Waals surface area contributed by atoms with Crippen LogP contribution < -0.4 is 4.74 Å². The maximum Gasteiger partial charge on any atom is 0.190 e. The van der Waals surface area contributed by atoms with Crippen molar-refractivity contribution < 1.29 is 13.5 Å². The molecule has 26 heavy (non-hydrogen) atoms. The van der Waals surface area contributed by atoms with E-state index in [4.69, 9.17) is 4.74 Å². The molecule has 0 atom stereocenters. The van der Waals surface area contributed by atoms with E-state index in [1.54, 1.807) is 6.92 Å². The van der Waals surface area contributed by atoms with E-state index in [2.05, 4.69) is 6.92 Å². The molecule has 0 N–H and O–H groups in total. The highest BCUT2D eigenvalue weighted by Crippen LogP contribution is 2.45. The Kier molecular flexibility index (Phi) is 6.94. The Morgan fingerprint density at radius 2 is 1.38 bits per heavy atom. The van der Waals surface area contributed by atoms with Gasteiger partial charge in [0.15, 0.2) is 17.4 Å². The van der Waals surface area contributed by atoms with Crippen molar-refractivity contribution in [3.63, 3.8) is 0 Å². The zero-order valence-electron chi connectivity index (χ0n) is 16.4. The third-order valence-corrected chi connectivity index (χ3v) is 6.81. The molecule has 2 aliphatic rings. The van der Waals surface area contributed by atoms with Gasteiger partial charge in [0.2, 0.25) is 0 Å². The predicted molar refractivity (Wildman–Crippen MR) is 103 cm³/mol. The fourth-order valence-corrected chi connectivity index (χ4v) is 5.38. The summed E-state index contributed by atoms with van der Waals surface area (Å²) in [5.74, 6) is 1.62. The lowest BCUT2D eigenvalue weighted by Gasteiger charge is -2.38. The molecule has 0 radical (unpaired) electrons. The summed E-state index contributed by atoms with van der Waals surface area (Å²) in [5.41, 5.74) is 0.813. The second-order valence-corrected chi connectivity index (χ2v) is 8.43. The first-order chi connectivity index (χ1) is 12.6. The van der Waals surface area contributed by atoms with Crippen LogP contribution in [0.3, 0.4) is 0 Å². The lowest BCUT2D eigenvalue weighted by atomic mass is 9.68. The Hall–Kier alpha value is -1.12. The van der Waals surface area contributed by atoms with Gasteiger partial charge in [-0.25, -0.2) is 8.78 Å². The van der Waals surface area contributed by atoms with E-state index in [1.165, 1.54) is 63.5 Å². The molecule has 2 saturated carbocycles. The molecule has 3 heteroatoms. The normalized spacial score (nSPS) is 29.5. The van der Waals surface area contributed by atoms with Gasteiger partial charge in [-0.3, -0.25) is 0 Å². The number of halogens is 2. The van der Waals surface area contributed by atoms with Gasteiger partial charge < -0.3 is 4.74 Å². The van der Waals surface area contributed by atoms with Gasteiger partial charge in [0.05, 0.1) is 6.61 Å². The number of hydrogen-bond donors (Lipinski definition) is 0. The van der Waals surface area contributed by atoms with Crippen molar-refractivity contribution in [3.05, 3.63) is 29.3 Å². The van der Waals surface area contributed by atoms with Gasteiger partial charge >= 0.3 is 0 Å². The van der Waals surface area contributed by atoms with E-state index >= 15 is 0 Å². The lowest BCUT2D eigenvalue weighted by molar-refractivity contribution is 0.156. The highest BCUT2D eigenvalue weighted by atomic mass is 19.1. The zero-order valence-corrected chi connectivity index (χ0v) is 16.4. The predicted octanol–water partition coefficient (Wildman–Crippen LogP) is 7.24. The highest BCUT2D eigenvalue weighted by molar-refractivity contribution is 5.33. The summed E-state index contributed by atoms with van der Waals surface area (Å²) in [5, 5.41) is 0. The summed E-state index contributed by atoms with van der Waals surface area (Å²) in [7, 11) is 0.